The number of carbonyl (C=O) groups excluding carboxylic acids is 1. The van der Waals surface area contributed by atoms with Gasteiger partial charge in [0.25, 0.3) is 5.56 Å². The first-order valence-corrected chi connectivity index (χ1v) is 7.83. The second-order valence-corrected chi connectivity index (χ2v) is 6.35. The summed E-state index contributed by atoms with van der Waals surface area (Å²) >= 11 is 3.37. The van der Waals surface area contributed by atoms with Gasteiger partial charge in [-0.3, -0.25) is 18.7 Å². The van der Waals surface area contributed by atoms with Crippen LogP contribution in [0.25, 0.3) is 17.7 Å². The minimum atomic E-state index is -0.663. The van der Waals surface area contributed by atoms with Crippen LogP contribution < -0.4 is 11.2 Å². The van der Waals surface area contributed by atoms with Crippen molar-refractivity contribution >= 4 is 39.4 Å². The topological polar surface area (TPSA) is 81.3 Å². The smallest absolute Gasteiger partial charge is 0.333 e. The molecule has 24 heavy (non-hydrogen) atoms. The lowest BCUT2D eigenvalue weighted by molar-refractivity contribution is -0.109. The van der Waals surface area contributed by atoms with Crippen LogP contribution in [0.3, 0.4) is 0 Å². The van der Waals surface area contributed by atoms with E-state index >= 15 is 0 Å². The van der Waals surface area contributed by atoms with Crippen LogP contribution in [0.4, 0.5) is 0 Å². The van der Waals surface area contributed by atoms with Crippen LogP contribution in [0.15, 0.2) is 38.3 Å². The number of carbonyl (C=O) groups is 1. The zero-order valence-corrected chi connectivity index (χ0v) is 14.5. The molecule has 0 saturated carbocycles. The highest BCUT2D eigenvalue weighted by Gasteiger charge is 2.20. The number of benzene rings is 1. The first-order chi connectivity index (χ1) is 11.3. The first-order valence-electron chi connectivity index (χ1n) is 7.04. The highest BCUT2D eigenvalue weighted by Crippen LogP contribution is 2.31. The quantitative estimate of drug-likeness (QED) is 0.753. The minimum absolute atomic E-state index is 0.105. The van der Waals surface area contributed by atoms with Crippen LogP contribution >= 0.6 is 15.9 Å². The third kappa shape index (κ3) is 2.46. The van der Waals surface area contributed by atoms with Crippen molar-refractivity contribution in [1.29, 1.82) is 0 Å². The molecule has 0 aliphatic heterocycles. The molecular weight excluding hydrogens is 376 g/mol. The largest absolute Gasteiger partial charge is 0.494 e. The zero-order chi connectivity index (χ0) is 17.6. The highest BCUT2D eigenvalue weighted by molar-refractivity contribution is 9.10. The molecule has 0 spiro atoms. The molecule has 0 bridgehead atoms. The van der Waals surface area contributed by atoms with E-state index in [2.05, 4.69) is 15.9 Å². The first kappa shape index (κ1) is 16.2. The van der Waals surface area contributed by atoms with E-state index in [0.717, 1.165) is 19.2 Å². The maximum absolute atomic E-state index is 12.3. The van der Waals surface area contributed by atoms with Crippen LogP contribution in [0.1, 0.15) is 16.7 Å². The summed E-state index contributed by atoms with van der Waals surface area (Å²) in [4.78, 5) is 36.4. The molecule has 1 aromatic carbocycles. The van der Waals surface area contributed by atoms with Crippen LogP contribution in [0, 0.1) is 0 Å². The summed E-state index contributed by atoms with van der Waals surface area (Å²) in [5.74, 6) is -0.753. The molecule has 0 saturated heterocycles. The molecular formula is C17H13BrN2O4. The predicted octanol–water partition coefficient (Wildman–Crippen LogP) is 1.69. The number of fused-ring (bicyclic) bond motifs is 1. The van der Waals surface area contributed by atoms with Gasteiger partial charge in [0.2, 0.25) is 5.88 Å². The highest BCUT2D eigenvalue weighted by atomic mass is 79.9. The number of hydrogen-bond donors (Lipinski definition) is 1. The van der Waals surface area contributed by atoms with E-state index in [1.54, 1.807) is 18.2 Å². The molecule has 6 nitrogen and oxygen atoms in total. The summed E-state index contributed by atoms with van der Waals surface area (Å²) in [6, 6.07) is 5.40. The van der Waals surface area contributed by atoms with Crippen molar-refractivity contribution in [2.45, 2.75) is 0 Å². The summed E-state index contributed by atoms with van der Waals surface area (Å²) in [7, 11) is 2.67. The van der Waals surface area contributed by atoms with Gasteiger partial charge in [-0.05, 0) is 35.4 Å². The van der Waals surface area contributed by atoms with Gasteiger partial charge in [-0.25, -0.2) is 4.79 Å². The van der Waals surface area contributed by atoms with Gasteiger partial charge in [0.1, 0.15) is 5.56 Å². The monoisotopic (exact) mass is 388 g/mol. The Labute approximate surface area is 145 Å². The van der Waals surface area contributed by atoms with E-state index in [1.165, 1.54) is 26.2 Å². The number of halogens is 1. The molecule has 1 N–H and O–H groups in total. The Morgan fingerprint density at radius 3 is 2.50 bits per heavy atom. The molecule has 0 atom stereocenters. The van der Waals surface area contributed by atoms with Crippen molar-refractivity contribution in [2.24, 2.45) is 14.1 Å². The summed E-state index contributed by atoms with van der Waals surface area (Å²) in [6.07, 6.45) is 4.43. The number of hydrogen-bond acceptors (Lipinski definition) is 4. The summed E-state index contributed by atoms with van der Waals surface area (Å²) in [6.45, 7) is 0. The molecule has 2 aromatic rings. The number of aromatic nitrogens is 2. The zero-order valence-electron chi connectivity index (χ0n) is 12.9. The van der Waals surface area contributed by atoms with Crippen molar-refractivity contribution < 1.29 is 9.90 Å². The summed E-state index contributed by atoms with van der Waals surface area (Å²) < 4.78 is 2.71. The van der Waals surface area contributed by atoms with Gasteiger partial charge < -0.3 is 5.11 Å². The molecule has 0 fully saturated rings. The molecule has 7 heteroatoms. The Hall–Kier alpha value is -2.67. The SMILES string of the molecule is Cn1c(O)c(C=C2C(=O)C=Cc3cc(Br)ccc32)c(=O)n(C)c1=O. The van der Waals surface area contributed by atoms with Crippen molar-refractivity contribution in [3.8, 4) is 5.88 Å². The fraction of sp³-hybridized carbons (Fsp3) is 0.118. The van der Waals surface area contributed by atoms with Gasteiger partial charge in [-0.2, -0.15) is 0 Å². The lowest BCUT2D eigenvalue weighted by Gasteiger charge is -2.14. The van der Waals surface area contributed by atoms with Crippen LogP contribution in [0.5, 0.6) is 5.88 Å². The maximum atomic E-state index is 12.3. The van der Waals surface area contributed by atoms with Crippen molar-refractivity contribution in [1.82, 2.24) is 9.13 Å². The molecule has 1 aliphatic carbocycles. The van der Waals surface area contributed by atoms with Crippen LogP contribution in [0.2, 0.25) is 0 Å². The number of aromatic hydroxyl groups is 1. The van der Waals surface area contributed by atoms with E-state index < -0.39 is 17.1 Å². The minimum Gasteiger partial charge on any atom is -0.494 e. The Morgan fingerprint density at radius 1 is 1.08 bits per heavy atom. The molecule has 0 radical (unpaired) electrons. The Morgan fingerprint density at radius 2 is 1.79 bits per heavy atom. The molecule has 0 unspecified atom stereocenters. The summed E-state index contributed by atoms with van der Waals surface area (Å²) in [5, 5.41) is 10.2. The van der Waals surface area contributed by atoms with Gasteiger partial charge >= 0.3 is 5.69 Å². The van der Waals surface area contributed by atoms with Crippen molar-refractivity contribution in [2.75, 3.05) is 0 Å². The van der Waals surface area contributed by atoms with Gasteiger partial charge in [0, 0.05) is 24.1 Å². The fourth-order valence-electron chi connectivity index (χ4n) is 2.58. The predicted molar refractivity (Wildman–Crippen MR) is 94.6 cm³/mol. The number of nitrogens with zero attached hydrogens (tertiary/aromatic N) is 2. The standard InChI is InChI=1S/C17H13BrN2O4/c1-19-15(22)13(16(23)20(2)17(19)24)8-12-11-5-4-10(18)7-9(11)3-6-14(12)21/h3-8,22H,1-2H3. The number of allylic oxidation sites excluding steroid dienone is 2. The molecule has 1 aliphatic rings. The second-order valence-electron chi connectivity index (χ2n) is 5.43. The third-order valence-electron chi connectivity index (χ3n) is 3.94. The van der Waals surface area contributed by atoms with Crippen LogP contribution in [-0.2, 0) is 18.9 Å². The number of ketones is 1. The van der Waals surface area contributed by atoms with E-state index in [1.807, 2.05) is 6.07 Å². The van der Waals surface area contributed by atoms with Crippen LogP contribution in [-0.4, -0.2) is 20.0 Å². The molecule has 122 valence electrons. The fourth-order valence-corrected chi connectivity index (χ4v) is 2.96. The van der Waals surface area contributed by atoms with E-state index in [-0.39, 0.29) is 16.9 Å². The molecule has 3 rings (SSSR count). The normalized spacial score (nSPS) is 15.0. The Kier molecular flexibility index (Phi) is 3.88. The Bertz CT molecular complexity index is 1060. The van der Waals surface area contributed by atoms with Crippen molar-refractivity contribution in [3.05, 3.63) is 66.3 Å². The van der Waals surface area contributed by atoms with E-state index in [4.69, 9.17) is 0 Å². The van der Waals surface area contributed by atoms with Gasteiger partial charge in [0.15, 0.2) is 5.78 Å². The second kappa shape index (κ2) is 5.76. The Balaban J connectivity index is 2.31. The molecule has 1 heterocycles. The number of rotatable bonds is 1. The lowest BCUT2D eigenvalue weighted by Crippen LogP contribution is -2.38. The van der Waals surface area contributed by atoms with E-state index in [0.29, 0.717) is 5.56 Å². The third-order valence-corrected chi connectivity index (χ3v) is 4.43. The van der Waals surface area contributed by atoms with Gasteiger partial charge in [0.05, 0.1) is 0 Å². The lowest BCUT2D eigenvalue weighted by atomic mass is 9.90. The van der Waals surface area contributed by atoms with Gasteiger partial charge in [-0.1, -0.05) is 28.1 Å². The van der Waals surface area contributed by atoms with E-state index in [9.17, 15) is 19.5 Å². The average molecular weight is 389 g/mol. The van der Waals surface area contributed by atoms with Gasteiger partial charge in [-0.15, -0.1) is 0 Å². The summed E-state index contributed by atoms with van der Waals surface area (Å²) in [5.41, 5.74) is 0.346. The van der Waals surface area contributed by atoms with Crippen molar-refractivity contribution in [3.63, 3.8) is 0 Å². The average Bonchev–Trinajstić information content (AvgIpc) is 2.56. The molecule has 1 aromatic heterocycles. The molecule has 0 amide bonds. The maximum Gasteiger partial charge on any atom is 0.333 e.